The molecule has 0 fully saturated rings. The van der Waals surface area contributed by atoms with Gasteiger partial charge in [0.2, 0.25) is 0 Å². The Morgan fingerprint density at radius 2 is 0.727 bits per heavy atom. The molecule has 0 aliphatic rings. The number of rotatable bonds is 9. The molecule has 1 aromatic heterocycles. The quantitative estimate of drug-likeness (QED) is 0.141. The molecular weight excluding hydrogens is 797 g/mol. The summed E-state index contributed by atoms with van der Waals surface area (Å²) in [6, 6.07) is 96.8. The van der Waals surface area contributed by atoms with Crippen LogP contribution in [0, 0.1) is 0 Å². The van der Waals surface area contributed by atoms with Gasteiger partial charge in [0.15, 0.2) is 0 Å². The molecule has 0 saturated heterocycles. The Labute approximate surface area is 385 Å². The fourth-order valence-electron chi connectivity index (χ4n) is 9.85. The van der Waals surface area contributed by atoms with Crippen LogP contribution >= 0.6 is 0 Å². The summed E-state index contributed by atoms with van der Waals surface area (Å²) < 4.78 is 2.37. The number of para-hydroxylation sites is 3. The molecule has 66 heavy (non-hydrogen) atoms. The molecule has 0 unspecified atom stereocenters. The summed E-state index contributed by atoms with van der Waals surface area (Å²) in [5, 5.41) is 4.95. The maximum Gasteiger partial charge on any atom is 0.0541 e. The van der Waals surface area contributed by atoms with Gasteiger partial charge >= 0.3 is 0 Å². The molecule has 0 spiro atoms. The second kappa shape index (κ2) is 16.8. The average Bonchev–Trinajstić information content (AvgIpc) is 3.73. The lowest BCUT2D eigenvalue weighted by Crippen LogP contribution is -2.11. The Kier molecular flexibility index (Phi) is 9.89. The van der Waals surface area contributed by atoms with E-state index in [9.17, 15) is 0 Å². The van der Waals surface area contributed by atoms with E-state index in [1.165, 1.54) is 82.6 Å². The summed E-state index contributed by atoms with van der Waals surface area (Å²) in [7, 11) is 0. The highest BCUT2D eigenvalue weighted by Crippen LogP contribution is 2.45. The van der Waals surface area contributed by atoms with Crippen molar-refractivity contribution in [1.82, 2.24) is 4.57 Å². The van der Waals surface area contributed by atoms with Gasteiger partial charge in [-0.3, -0.25) is 0 Å². The highest BCUT2D eigenvalue weighted by atomic mass is 15.1. The SMILES string of the molecule is c1ccc(-c2ccc(-c3ccc(N(c4ccc(-c5ccc6c(c5)c5ccccc5n6-c5ccccc5)cc4)c4ccccc4-c4cccc5cccc(-c6ccccc6)c45)cc3)cc2)cc1. The van der Waals surface area contributed by atoms with Gasteiger partial charge in [-0.15, -0.1) is 0 Å². The van der Waals surface area contributed by atoms with Crippen LogP contribution in [-0.4, -0.2) is 4.57 Å². The summed E-state index contributed by atoms with van der Waals surface area (Å²) in [5.74, 6) is 0. The zero-order chi connectivity index (χ0) is 43.8. The molecule has 12 aromatic rings. The van der Waals surface area contributed by atoms with Gasteiger partial charge in [0.25, 0.3) is 0 Å². The molecular formula is C64H44N2. The van der Waals surface area contributed by atoms with E-state index in [4.69, 9.17) is 0 Å². The first-order valence-electron chi connectivity index (χ1n) is 22.7. The van der Waals surface area contributed by atoms with Gasteiger partial charge in [-0.1, -0.05) is 206 Å². The van der Waals surface area contributed by atoms with E-state index in [-0.39, 0.29) is 0 Å². The van der Waals surface area contributed by atoms with Crippen LogP contribution in [0.1, 0.15) is 0 Å². The van der Waals surface area contributed by atoms with Gasteiger partial charge in [0.1, 0.15) is 0 Å². The number of hydrogen-bond acceptors (Lipinski definition) is 1. The van der Waals surface area contributed by atoms with Crippen molar-refractivity contribution in [3.63, 3.8) is 0 Å². The molecule has 0 aliphatic carbocycles. The molecule has 0 radical (unpaired) electrons. The molecule has 0 saturated carbocycles. The Balaban J connectivity index is 0.978. The average molecular weight is 841 g/mol. The minimum absolute atomic E-state index is 1.08. The van der Waals surface area contributed by atoms with E-state index in [0.29, 0.717) is 0 Å². The first kappa shape index (κ1) is 38.9. The highest BCUT2D eigenvalue weighted by Gasteiger charge is 2.20. The maximum absolute atomic E-state index is 2.42. The molecule has 0 atom stereocenters. The number of benzene rings is 11. The molecule has 2 heteroatoms. The van der Waals surface area contributed by atoms with E-state index >= 15 is 0 Å². The predicted molar refractivity (Wildman–Crippen MR) is 280 cm³/mol. The minimum Gasteiger partial charge on any atom is -0.310 e. The Morgan fingerprint density at radius 3 is 1.38 bits per heavy atom. The lowest BCUT2D eigenvalue weighted by atomic mass is 9.90. The van der Waals surface area contributed by atoms with Crippen LogP contribution in [0.5, 0.6) is 0 Å². The maximum atomic E-state index is 2.42. The molecule has 2 nitrogen and oxygen atoms in total. The third-order valence-corrected chi connectivity index (χ3v) is 13.0. The van der Waals surface area contributed by atoms with Gasteiger partial charge in [-0.05, 0) is 122 Å². The van der Waals surface area contributed by atoms with Crippen LogP contribution in [-0.2, 0) is 0 Å². The topological polar surface area (TPSA) is 8.17 Å². The van der Waals surface area contributed by atoms with Gasteiger partial charge in [-0.25, -0.2) is 0 Å². The van der Waals surface area contributed by atoms with Crippen LogP contribution in [0.3, 0.4) is 0 Å². The molecule has 11 aromatic carbocycles. The zero-order valence-corrected chi connectivity index (χ0v) is 36.3. The molecule has 1 heterocycles. The van der Waals surface area contributed by atoms with Crippen molar-refractivity contribution < 1.29 is 0 Å². The Morgan fingerprint density at radius 1 is 0.273 bits per heavy atom. The van der Waals surface area contributed by atoms with Gasteiger partial charge in [0, 0.05) is 33.4 Å². The van der Waals surface area contributed by atoms with Gasteiger partial charge < -0.3 is 9.47 Å². The Hall–Kier alpha value is -8.72. The van der Waals surface area contributed by atoms with Crippen molar-refractivity contribution in [2.24, 2.45) is 0 Å². The van der Waals surface area contributed by atoms with Crippen LogP contribution in [0.2, 0.25) is 0 Å². The van der Waals surface area contributed by atoms with Crippen molar-refractivity contribution in [1.29, 1.82) is 0 Å². The standard InChI is InChI=1S/C64H44N2/c1-4-16-45(17-5-1)46-30-32-47(33-31-46)48-34-39-54(40-35-48)65(61-28-12-10-24-57(61)59-27-15-21-51-20-14-26-56(64(51)59)50-18-6-2-7-19-50)55-41-36-49(37-42-55)52-38-43-63-60(44-52)58-25-11-13-29-62(58)66(63)53-22-8-3-9-23-53/h1-44H. The van der Waals surface area contributed by atoms with Crippen molar-refractivity contribution >= 4 is 49.6 Å². The number of anilines is 3. The predicted octanol–water partition coefficient (Wildman–Crippen LogP) is 17.7. The first-order chi connectivity index (χ1) is 32.7. The molecule has 0 N–H and O–H groups in total. The number of hydrogen-bond donors (Lipinski definition) is 0. The zero-order valence-electron chi connectivity index (χ0n) is 36.3. The summed E-state index contributed by atoms with van der Waals surface area (Å²) >= 11 is 0. The number of nitrogens with zero attached hydrogens (tertiary/aromatic N) is 2. The molecule has 12 rings (SSSR count). The number of aromatic nitrogens is 1. The lowest BCUT2D eigenvalue weighted by Gasteiger charge is -2.29. The monoisotopic (exact) mass is 840 g/mol. The van der Waals surface area contributed by atoms with Gasteiger partial charge in [-0.2, -0.15) is 0 Å². The summed E-state index contributed by atoms with van der Waals surface area (Å²) in [6.07, 6.45) is 0. The van der Waals surface area contributed by atoms with Crippen LogP contribution in [0.4, 0.5) is 17.1 Å². The van der Waals surface area contributed by atoms with Crippen LogP contribution < -0.4 is 4.90 Å². The summed E-state index contributed by atoms with van der Waals surface area (Å²) in [5.41, 5.74) is 18.8. The molecule has 0 amide bonds. The third kappa shape index (κ3) is 7.02. The third-order valence-electron chi connectivity index (χ3n) is 13.0. The van der Waals surface area contributed by atoms with Crippen LogP contribution in [0.15, 0.2) is 267 Å². The van der Waals surface area contributed by atoms with Gasteiger partial charge in [0.05, 0.1) is 16.7 Å². The van der Waals surface area contributed by atoms with E-state index in [0.717, 1.165) is 28.3 Å². The number of fused-ring (bicyclic) bond motifs is 4. The van der Waals surface area contributed by atoms with Crippen molar-refractivity contribution in [3.05, 3.63) is 267 Å². The molecule has 0 aliphatic heterocycles. The minimum atomic E-state index is 1.08. The van der Waals surface area contributed by atoms with E-state index in [2.05, 4.69) is 276 Å². The summed E-state index contributed by atoms with van der Waals surface area (Å²) in [6.45, 7) is 0. The fourth-order valence-corrected chi connectivity index (χ4v) is 9.85. The smallest absolute Gasteiger partial charge is 0.0541 e. The largest absolute Gasteiger partial charge is 0.310 e. The second-order valence-corrected chi connectivity index (χ2v) is 16.9. The highest BCUT2D eigenvalue weighted by molar-refractivity contribution is 6.11. The Bertz CT molecular complexity index is 3640. The normalized spacial score (nSPS) is 11.3. The van der Waals surface area contributed by atoms with Crippen LogP contribution in [0.25, 0.3) is 93.9 Å². The van der Waals surface area contributed by atoms with Crippen molar-refractivity contribution in [3.8, 4) is 61.3 Å². The van der Waals surface area contributed by atoms with Crippen molar-refractivity contribution in [2.45, 2.75) is 0 Å². The van der Waals surface area contributed by atoms with E-state index < -0.39 is 0 Å². The fraction of sp³-hybridized carbons (Fsp3) is 0. The molecule has 310 valence electrons. The molecule has 0 bridgehead atoms. The van der Waals surface area contributed by atoms with Crippen molar-refractivity contribution in [2.75, 3.05) is 4.90 Å². The summed E-state index contributed by atoms with van der Waals surface area (Å²) in [4.78, 5) is 2.42. The lowest BCUT2D eigenvalue weighted by molar-refractivity contribution is 1.18. The first-order valence-corrected chi connectivity index (χ1v) is 22.7. The van der Waals surface area contributed by atoms with E-state index in [1.807, 2.05) is 0 Å². The second-order valence-electron chi connectivity index (χ2n) is 16.9. The van der Waals surface area contributed by atoms with E-state index in [1.54, 1.807) is 0 Å².